The summed E-state index contributed by atoms with van der Waals surface area (Å²) in [6, 6.07) is 3.76. The highest BCUT2D eigenvalue weighted by molar-refractivity contribution is 6.35. The minimum Gasteiger partial charge on any atom is -0.335 e. The lowest BCUT2D eigenvalue weighted by Crippen LogP contribution is -2.51. The van der Waals surface area contributed by atoms with Gasteiger partial charge < -0.3 is 10.2 Å². The van der Waals surface area contributed by atoms with Crippen LogP contribution in [0.15, 0.2) is 12.1 Å². The molecule has 5 heteroatoms. The lowest BCUT2D eigenvalue weighted by atomic mass is 9.86. The summed E-state index contributed by atoms with van der Waals surface area (Å²) >= 11 is 12.4. The Kier molecular flexibility index (Phi) is 4.17. The van der Waals surface area contributed by atoms with Crippen LogP contribution in [-0.2, 0) is 11.2 Å². The van der Waals surface area contributed by atoms with Gasteiger partial charge in [0.05, 0.1) is 6.04 Å². The molecule has 1 amide bonds. The molecule has 0 saturated carbocycles. The first-order valence-corrected chi connectivity index (χ1v) is 8.23. The first kappa shape index (κ1) is 15.1. The zero-order chi connectivity index (χ0) is 15.1. The molecule has 0 aliphatic carbocycles. The van der Waals surface area contributed by atoms with Crippen LogP contribution in [0.3, 0.4) is 0 Å². The van der Waals surface area contributed by atoms with E-state index in [1.54, 1.807) is 6.07 Å². The van der Waals surface area contributed by atoms with Gasteiger partial charge in [0.25, 0.3) is 0 Å². The zero-order valence-electron chi connectivity index (χ0n) is 12.3. The van der Waals surface area contributed by atoms with E-state index in [1.165, 1.54) is 5.56 Å². The smallest absolute Gasteiger partial charge is 0.226 e. The minimum atomic E-state index is 0.0153. The van der Waals surface area contributed by atoms with Gasteiger partial charge in [0.2, 0.25) is 5.91 Å². The molecule has 21 heavy (non-hydrogen) atoms. The molecule has 2 heterocycles. The molecule has 2 aliphatic heterocycles. The number of nitrogens with one attached hydrogen (secondary N) is 1. The van der Waals surface area contributed by atoms with Crippen LogP contribution in [0.25, 0.3) is 0 Å². The maximum absolute atomic E-state index is 12.8. The van der Waals surface area contributed by atoms with E-state index in [4.69, 9.17) is 23.2 Å². The second-order valence-electron chi connectivity index (χ2n) is 6.13. The zero-order valence-corrected chi connectivity index (χ0v) is 13.8. The van der Waals surface area contributed by atoms with Gasteiger partial charge in [-0.15, -0.1) is 0 Å². The SMILES string of the molecule is CC(C(=O)N1CCc2cc(Cl)cc(Cl)c2C1C)C1CNC1. The Hall–Kier alpha value is -0.770. The summed E-state index contributed by atoms with van der Waals surface area (Å²) in [5, 5.41) is 4.57. The summed E-state index contributed by atoms with van der Waals surface area (Å²) < 4.78 is 0. The Labute approximate surface area is 135 Å². The molecular formula is C16H20Cl2N2O. The second kappa shape index (κ2) is 5.79. The summed E-state index contributed by atoms with van der Waals surface area (Å²) in [6.45, 7) is 6.74. The molecule has 1 aromatic carbocycles. The number of hydrogen-bond acceptors (Lipinski definition) is 2. The van der Waals surface area contributed by atoms with E-state index in [2.05, 4.69) is 12.2 Å². The third-order valence-electron chi connectivity index (χ3n) is 4.88. The van der Waals surface area contributed by atoms with Crippen LogP contribution >= 0.6 is 23.2 Å². The minimum absolute atomic E-state index is 0.0153. The van der Waals surface area contributed by atoms with Gasteiger partial charge in [-0.2, -0.15) is 0 Å². The number of amides is 1. The van der Waals surface area contributed by atoms with Crippen molar-refractivity contribution >= 4 is 29.1 Å². The van der Waals surface area contributed by atoms with Crippen molar-refractivity contribution in [3.05, 3.63) is 33.3 Å². The van der Waals surface area contributed by atoms with Crippen molar-refractivity contribution in [2.24, 2.45) is 11.8 Å². The third kappa shape index (κ3) is 2.67. The van der Waals surface area contributed by atoms with Gasteiger partial charge in [-0.3, -0.25) is 4.79 Å². The maximum atomic E-state index is 12.8. The number of carbonyl (C=O) groups is 1. The van der Waals surface area contributed by atoms with Crippen molar-refractivity contribution in [2.45, 2.75) is 26.3 Å². The Morgan fingerprint density at radius 2 is 2.10 bits per heavy atom. The molecule has 1 N–H and O–H groups in total. The Morgan fingerprint density at radius 3 is 2.71 bits per heavy atom. The van der Waals surface area contributed by atoms with Crippen LogP contribution in [-0.4, -0.2) is 30.4 Å². The third-order valence-corrected chi connectivity index (χ3v) is 5.41. The summed E-state index contributed by atoms with van der Waals surface area (Å²) in [7, 11) is 0. The van der Waals surface area contributed by atoms with Gasteiger partial charge in [-0.05, 0) is 55.6 Å². The van der Waals surface area contributed by atoms with Crippen molar-refractivity contribution < 1.29 is 4.79 Å². The molecule has 2 unspecified atom stereocenters. The fourth-order valence-corrected chi connectivity index (χ4v) is 4.03. The van der Waals surface area contributed by atoms with Crippen LogP contribution in [0.4, 0.5) is 0 Å². The number of carbonyl (C=O) groups excluding carboxylic acids is 1. The largest absolute Gasteiger partial charge is 0.335 e. The predicted octanol–water partition coefficient (Wildman–Crippen LogP) is 3.29. The van der Waals surface area contributed by atoms with E-state index in [0.717, 1.165) is 31.6 Å². The number of rotatable bonds is 2. The summed E-state index contributed by atoms with van der Waals surface area (Å²) in [5.74, 6) is 0.777. The average Bonchev–Trinajstić information content (AvgIpc) is 2.35. The van der Waals surface area contributed by atoms with Crippen LogP contribution < -0.4 is 5.32 Å². The van der Waals surface area contributed by atoms with Crippen LogP contribution in [0, 0.1) is 11.8 Å². The molecule has 0 aromatic heterocycles. The van der Waals surface area contributed by atoms with Gasteiger partial charge in [0, 0.05) is 22.5 Å². The highest BCUT2D eigenvalue weighted by Crippen LogP contribution is 2.38. The summed E-state index contributed by atoms with van der Waals surface area (Å²) in [4.78, 5) is 14.7. The molecule has 1 saturated heterocycles. The van der Waals surface area contributed by atoms with Crippen molar-refractivity contribution in [1.29, 1.82) is 0 Å². The molecule has 3 rings (SSSR count). The number of nitrogens with zero attached hydrogens (tertiary/aromatic N) is 1. The molecule has 0 spiro atoms. The summed E-state index contributed by atoms with van der Waals surface area (Å²) in [5.41, 5.74) is 2.22. The van der Waals surface area contributed by atoms with Gasteiger partial charge >= 0.3 is 0 Å². The Bertz CT molecular complexity index is 572. The summed E-state index contributed by atoms with van der Waals surface area (Å²) in [6.07, 6.45) is 0.821. The number of halogens is 2. The highest BCUT2D eigenvalue weighted by atomic mass is 35.5. The Morgan fingerprint density at radius 1 is 1.38 bits per heavy atom. The number of fused-ring (bicyclic) bond motifs is 1. The molecule has 0 bridgehead atoms. The van der Waals surface area contributed by atoms with E-state index < -0.39 is 0 Å². The van der Waals surface area contributed by atoms with Crippen molar-refractivity contribution in [3.8, 4) is 0 Å². The van der Waals surface area contributed by atoms with E-state index in [1.807, 2.05) is 17.9 Å². The molecule has 3 nitrogen and oxygen atoms in total. The van der Waals surface area contributed by atoms with Crippen molar-refractivity contribution in [3.63, 3.8) is 0 Å². The highest BCUT2D eigenvalue weighted by Gasteiger charge is 2.36. The predicted molar refractivity (Wildman–Crippen MR) is 85.8 cm³/mol. The second-order valence-corrected chi connectivity index (χ2v) is 6.97. The molecule has 2 atom stereocenters. The molecule has 1 fully saturated rings. The average molecular weight is 327 g/mol. The molecule has 114 valence electrons. The fraction of sp³-hybridized carbons (Fsp3) is 0.562. The van der Waals surface area contributed by atoms with Crippen LogP contribution in [0.2, 0.25) is 10.0 Å². The normalized spacial score (nSPS) is 23.4. The quantitative estimate of drug-likeness (QED) is 0.904. The molecule has 2 aliphatic rings. The lowest BCUT2D eigenvalue weighted by molar-refractivity contribution is -0.140. The topological polar surface area (TPSA) is 32.3 Å². The fourth-order valence-electron chi connectivity index (χ4n) is 3.33. The standard InChI is InChI=1S/C16H20Cl2N2O/c1-9(12-7-19-8-12)16(21)20-4-3-11-5-13(17)6-14(18)15(11)10(20)2/h5-6,9-10,12,19H,3-4,7-8H2,1-2H3. The number of hydrogen-bond donors (Lipinski definition) is 1. The van der Waals surface area contributed by atoms with E-state index in [9.17, 15) is 4.79 Å². The molecule has 0 radical (unpaired) electrons. The van der Waals surface area contributed by atoms with E-state index in [0.29, 0.717) is 16.0 Å². The Balaban J connectivity index is 1.84. The monoisotopic (exact) mass is 326 g/mol. The number of benzene rings is 1. The van der Waals surface area contributed by atoms with Crippen molar-refractivity contribution in [1.82, 2.24) is 10.2 Å². The van der Waals surface area contributed by atoms with Crippen molar-refractivity contribution in [2.75, 3.05) is 19.6 Å². The van der Waals surface area contributed by atoms with E-state index >= 15 is 0 Å². The lowest BCUT2D eigenvalue weighted by Gasteiger charge is -2.40. The maximum Gasteiger partial charge on any atom is 0.226 e. The van der Waals surface area contributed by atoms with Gasteiger partial charge in [0.1, 0.15) is 0 Å². The first-order valence-electron chi connectivity index (χ1n) is 7.48. The van der Waals surface area contributed by atoms with E-state index in [-0.39, 0.29) is 17.9 Å². The van der Waals surface area contributed by atoms with Gasteiger partial charge in [0.15, 0.2) is 0 Å². The molecule has 1 aromatic rings. The van der Waals surface area contributed by atoms with Gasteiger partial charge in [-0.25, -0.2) is 0 Å². The molecular weight excluding hydrogens is 307 g/mol. The van der Waals surface area contributed by atoms with Crippen LogP contribution in [0.1, 0.15) is 31.0 Å². The van der Waals surface area contributed by atoms with Crippen LogP contribution in [0.5, 0.6) is 0 Å². The first-order chi connectivity index (χ1) is 9.99. The van der Waals surface area contributed by atoms with Gasteiger partial charge in [-0.1, -0.05) is 30.1 Å².